The van der Waals surface area contributed by atoms with Crippen LogP contribution in [-0.4, -0.2) is 4.98 Å². The minimum absolute atomic E-state index is 0.727. The molecule has 1 aromatic carbocycles. The van der Waals surface area contributed by atoms with Crippen LogP contribution in [0.1, 0.15) is 0 Å². The Balaban J connectivity index is 2.86. The number of hydrogen-bond acceptors (Lipinski definition) is 2. The average molecular weight is 302 g/mol. The van der Waals surface area contributed by atoms with E-state index in [-0.39, 0.29) is 0 Å². The molecule has 2 rings (SSSR count). The largest absolute Gasteiger partial charge is 0.399 e. The Labute approximate surface area is 92.4 Å². The first-order valence-corrected chi connectivity index (χ1v) is 5.27. The molecule has 0 amide bonds. The fraction of sp³-hybridized carbons (Fsp3) is 0. The number of nitrogens with two attached hydrogens (primary N) is 1. The Hall–Kier alpha value is -0.610. The number of hydrogen-bond donors (Lipinski definition) is 1. The van der Waals surface area contributed by atoms with Gasteiger partial charge < -0.3 is 5.73 Å². The van der Waals surface area contributed by atoms with Gasteiger partial charge in [0, 0.05) is 15.5 Å². The Morgan fingerprint density at radius 2 is 1.92 bits per heavy atom. The predicted molar refractivity (Wildman–Crippen MR) is 61.6 cm³/mol. The third-order valence-corrected chi connectivity index (χ3v) is 2.81. The smallest absolute Gasteiger partial charge is 0.107 e. The Morgan fingerprint density at radius 3 is 2.69 bits per heavy atom. The Kier molecular flexibility index (Phi) is 2.26. The van der Waals surface area contributed by atoms with E-state index in [1.165, 1.54) is 0 Å². The van der Waals surface area contributed by atoms with E-state index in [1.807, 2.05) is 24.3 Å². The number of pyridine rings is 1. The number of halogens is 2. The maximum atomic E-state index is 5.65. The van der Waals surface area contributed by atoms with Crippen LogP contribution in [0.15, 0.2) is 33.3 Å². The number of rotatable bonds is 0. The molecular formula is C9H6Br2N2. The van der Waals surface area contributed by atoms with Crippen molar-refractivity contribution in [1.82, 2.24) is 4.98 Å². The van der Waals surface area contributed by atoms with E-state index >= 15 is 0 Å². The van der Waals surface area contributed by atoms with Crippen molar-refractivity contribution in [3.63, 3.8) is 0 Å². The van der Waals surface area contributed by atoms with Crippen LogP contribution < -0.4 is 5.73 Å². The highest BCUT2D eigenvalue weighted by atomic mass is 79.9. The molecule has 0 atom stereocenters. The van der Waals surface area contributed by atoms with Gasteiger partial charge in [-0.15, -0.1) is 0 Å². The van der Waals surface area contributed by atoms with Gasteiger partial charge in [0.2, 0.25) is 0 Å². The maximum Gasteiger partial charge on any atom is 0.107 e. The zero-order valence-corrected chi connectivity index (χ0v) is 9.76. The second kappa shape index (κ2) is 3.27. The van der Waals surface area contributed by atoms with E-state index in [4.69, 9.17) is 5.73 Å². The van der Waals surface area contributed by atoms with Gasteiger partial charge in [-0.3, -0.25) is 0 Å². The van der Waals surface area contributed by atoms with Gasteiger partial charge in [0.15, 0.2) is 0 Å². The van der Waals surface area contributed by atoms with E-state index in [0.29, 0.717) is 0 Å². The molecule has 0 saturated heterocycles. The van der Waals surface area contributed by atoms with Crippen LogP contribution in [0.5, 0.6) is 0 Å². The van der Waals surface area contributed by atoms with Crippen LogP contribution in [0.3, 0.4) is 0 Å². The average Bonchev–Trinajstić information content (AvgIpc) is 2.02. The second-order valence-electron chi connectivity index (χ2n) is 2.70. The van der Waals surface area contributed by atoms with Gasteiger partial charge in [0.1, 0.15) is 4.60 Å². The van der Waals surface area contributed by atoms with E-state index in [9.17, 15) is 0 Å². The molecule has 1 aromatic heterocycles. The molecule has 13 heavy (non-hydrogen) atoms. The minimum atomic E-state index is 0.727. The lowest BCUT2D eigenvalue weighted by atomic mass is 10.2. The zero-order valence-electron chi connectivity index (χ0n) is 6.59. The first-order valence-electron chi connectivity index (χ1n) is 3.68. The van der Waals surface area contributed by atoms with E-state index in [1.54, 1.807) is 0 Å². The van der Waals surface area contributed by atoms with Gasteiger partial charge in [-0.05, 0) is 56.1 Å². The molecule has 0 spiro atoms. The van der Waals surface area contributed by atoms with Crippen LogP contribution in [0.4, 0.5) is 5.69 Å². The van der Waals surface area contributed by atoms with Crippen molar-refractivity contribution in [3.05, 3.63) is 33.3 Å². The van der Waals surface area contributed by atoms with E-state index in [0.717, 1.165) is 25.7 Å². The van der Waals surface area contributed by atoms with Crippen molar-refractivity contribution in [1.29, 1.82) is 0 Å². The first kappa shape index (κ1) is 8.97. The fourth-order valence-electron chi connectivity index (χ4n) is 1.17. The number of aromatic nitrogens is 1. The van der Waals surface area contributed by atoms with Crippen molar-refractivity contribution in [2.45, 2.75) is 0 Å². The van der Waals surface area contributed by atoms with Crippen LogP contribution in [0.2, 0.25) is 0 Å². The first-order chi connectivity index (χ1) is 6.16. The molecule has 0 aliphatic carbocycles. The van der Waals surface area contributed by atoms with Gasteiger partial charge in [0.25, 0.3) is 0 Å². The molecule has 4 heteroatoms. The standard InChI is InChI=1S/C9H6Br2N2/c10-7-4-9(11)13-8-3-5(12)1-2-6(7)8/h1-4H,12H2. The molecule has 0 aliphatic rings. The van der Waals surface area contributed by atoms with Crippen molar-refractivity contribution in [3.8, 4) is 0 Å². The predicted octanol–water partition coefficient (Wildman–Crippen LogP) is 3.34. The summed E-state index contributed by atoms with van der Waals surface area (Å²) in [5.74, 6) is 0. The van der Waals surface area contributed by atoms with Crippen LogP contribution in [0.25, 0.3) is 10.9 Å². The fourth-order valence-corrected chi connectivity index (χ4v) is 2.45. The van der Waals surface area contributed by atoms with Crippen molar-refractivity contribution in [2.75, 3.05) is 5.73 Å². The molecule has 2 aromatic rings. The highest BCUT2D eigenvalue weighted by molar-refractivity contribution is 9.11. The quantitative estimate of drug-likeness (QED) is 0.599. The molecule has 1 heterocycles. The highest BCUT2D eigenvalue weighted by Gasteiger charge is 2.01. The summed E-state index contributed by atoms with van der Waals surface area (Å²) in [5.41, 5.74) is 7.27. The summed E-state index contributed by atoms with van der Waals surface area (Å²) in [6, 6.07) is 7.58. The maximum absolute atomic E-state index is 5.65. The molecule has 0 radical (unpaired) electrons. The van der Waals surface area contributed by atoms with E-state index in [2.05, 4.69) is 36.8 Å². The molecular weight excluding hydrogens is 296 g/mol. The van der Waals surface area contributed by atoms with Crippen molar-refractivity contribution < 1.29 is 0 Å². The topological polar surface area (TPSA) is 38.9 Å². The normalized spacial score (nSPS) is 10.6. The van der Waals surface area contributed by atoms with Gasteiger partial charge >= 0.3 is 0 Å². The summed E-state index contributed by atoms with van der Waals surface area (Å²) < 4.78 is 1.82. The minimum Gasteiger partial charge on any atom is -0.399 e. The van der Waals surface area contributed by atoms with E-state index < -0.39 is 0 Å². The summed E-state index contributed by atoms with van der Waals surface area (Å²) in [5, 5.41) is 1.07. The monoisotopic (exact) mass is 300 g/mol. The molecule has 2 N–H and O–H groups in total. The highest BCUT2D eigenvalue weighted by Crippen LogP contribution is 2.26. The zero-order chi connectivity index (χ0) is 9.42. The van der Waals surface area contributed by atoms with Crippen LogP contribution in [-0.2, 0) is 0 Å². The molecule has 0 saturated carbocycles. The SMILES string of the molecule is Nc1ccc2c(Br)cc(Br)nc2c1. The van der Waals surface area contributed by atoms with Crippen LogP contribution >= 0.6 is 31.9 Å². The lowest BCUT2D eigenvalue weighted by molar-refractivity contribution is 1.34. The van der Waals surface area contributed by atoms with Gasteiger partial charge in [0.05, 0.1) is 5.52 Å². The summed E-state index contributed by atoms with van der Waals surface area (Å²) in [6.07, 6.45) is 0. The van der Waals surface area contributed by atoms with Crippen LogP contribution in [0, 0.1) is 0 Å². The molecule has 0 aliphatic heterocycles. The lowest BCUT2D eigenvalue weighted by Crippen LogP contribution is -1.87. The number of nitrogens with zero attached hydrogens (tertiary/aromatic N) is 1. The number of anilines is 1. The third-order valence-electron chi connectivity index (χ3n) is 1.75. The lowest BCUT2D eigenvalue weighted by Gasteiger charge is -2.01. The summed E-state index contributed by atoms with van der Waals surface area (Å²) in [4.78, 5) is 4.30. The number of nitrogen functional groups attached to an aromatic ring is 1. The molecule has 0 bridgehead atoms. The van der Waals surface area contributed by atoms with Gasteiger partial charge in [-0.1, -0.05) is 0 Å². The molecule has 0 unspecified atom stereocenters. The van der Waals surface area contributed by atoms with Crippen molar-refractivity contribution in [2.24, 2.45) is 0 Å². The third kappa shape index (κ3) is 1.69. The molecule has 2 nitrogen and oxygen atoms in total. The summed E-state index contributed by atoms with van der Waals surface area (Å²) in [6.45, 7) is 0. The van der Waals surface area contributed by atoms with Gasteiger partial charge in [-0.25, -0.2) is 4.98 Å². The van der Waals surface area contributed by atoms with Gasteiger partial charge in [-0.2, -0.15) is 0 Å². The second-order valence-corrected chi connectivity index (χ2v) is 4.37. The molecule has 0 fully saturated rings. The number of benzene rings is 1. The summed E-state index contributed by atoms with van der Waals surface area (Å²) >= 11 is 6.79. The Bertz CT molecular complexity index is 463. The number of fused-ring (bicyclic) bond motifs is 1. The Morgan fingerprint density at radius 1 is 1.15 bits per heavy atom. The van der Waals surface area contributed by atoms with Crippen molar-refractivity contribution >= 4 is 48.5 Å². The molecule has 66 valence electrons. The summed E-state index contributed by atoms with van der Waals surface area (Å²) in [7, 11) is 0.